The number of hydrogen-bond donors (Lipinski definition) is 0. The summed E-state index contributed by atoms with van der Waals surface area (Å²) in [6.45, 7) is 0. The first-order valence-corrected chi connectivity index (χ1v) is 8.77. The lowest BCUT2D eigenvalue weighted by Crippen LogP contribution is -2.00. The van der Waals surface area contributed by atoms with Crippen LogP contribution in [-0.4, -0.2) is 4.98 Å². The number of benzene rings is 1. The molecule has 2 aromatic heterocycles. The van der Waals surface area contributed by atoms with Gasteiger partial charge in [0.1, 0.15) is 16.4 Å². The predicted octanol–water partition coefficient (Wildman–Crippen LogP) is 6.92. The van der Waals surface area contributed by atoms with Crippen LogP contribution in [0.15, 0.2) is 41.8 Å². The molecule has 0 aliphatic rings. The average Bonchev–Trinajstić information content (AvgIpc) is 3.07. The summed E-state index contributed by atoms with van der Waals surface area (Å²) in [5, 5.41) is 10.9. The number of thiophene rings is 1. The van der Waals surface area contributed by atoms with Crippen molar-refractivity contribution in [2.75, 3.05) is 0 Å². The molecule has 0 fully saturated rings. The first-order valence-electron chi connectivity index (χ1n) is 7.13. The molecule has 10 heteroatoms. The van der Waals surface area contributed by atoms with Crippen LogP contribution in [-0.2, 0) is 6.18 Å². The van der Waals surface area contributed by atoms with Crippen LogP contribution in [0.1, 0.15) is 10.4 Å². The van der Waals surface area contributed by atoms with Crippen LogP contribution in [0.2, 0.25) is 10.0 Å². The zero-order valence-corrected chi connectivity index (χ0v) is 15.4. The highest BCUT2D eigenvalue weighted by Gasteiger charge is 2.32. The van der Waals surface area contributed by atoms with E-state index in [4.69, 9.17) is 37.9 Å². The van der Waals surface area contributed by atoms with Crippen molar-refractivity contribution in [3.05, 3.63) is 62.3 Å². The molecule has 0 amide bonds. The topological polar surface area (TPSA) is 55.1 Å². The van der Waals surface area contributed by atoms with Crippen LogP contribution < -0.4 is 9.47 Å². The second-order valence-electron chi connectivity index (χ2n) is 5.07. The van der Waals surface area contributed by atoms with Crippen LogP contribution in [0.4, 0.5) is 13.2 Å². The van der Waals surface area contributed by atoms with Gasteiger partial charge in [-0.2, -0.15) is 23.4 Å². The molecule has 0 atom stereocenters. The van der Waals surface area contributed by atoms with Crippen LogP contribution >= 0.6 is 34.5 Å². The van der Waals surface area contributed by atoms with Gasteiger partial charge in [-0.15, -0.1) is 11.3 Å². The van der Waals surface area contributed by atoms with Gasteiger partial charge in [0.15, 0.2) is 0 Å². The molecule has 138 valence electrons. The van der Waals surface area contributed by atoms with E-state index >= 15 is 0 Å². The second-order valence-corrected chi connectivity index (χ2v) is 6.79. The first-order chi connectivity index (χ1) is 12.7. The van der Waals surface area contributed by atoms with Gasteiger partial charge in [0, 0.05) is 29.6 Å². The first kappa shape index (κ1) is 19.3. The normalized spacial score (nSPS) is 11.1. The number of pyridine rings is 1. The van der Waals surface area contributed by atoms with Gasteiger partial charge in [-0.05, 0) is 12.1 Å². The van der Waals surface area contributed by atoms with E-state index in [9.17, 15) is 13.2 Å². The van der Waals surface area contributed by atoms with Gasteiger partial charge >= 0.3 is 6.18 Å². The number of alkyl halides is 3. The molecule has 0 N–H and O–H groups in total. The highest BCUT2D eigenvalue weighted by atomic mass is 35.5. The fourth-order valence-electron chi connectivity index (χ4n) is 1.95. The molecule has 0 spiro atoms. The Morgan fingerprint density at radius 3 is 2.19 bits per heavy atom. The molecule has 3 aromatic rings. The lowest BCUT2D eigenvalue weighted by molar-refractivity contribution is -0.134. The van der Waals surface area contributed by atoms with Gasteiger partial charge in [-0.3, -0.25) is 0 Å². The third kappa shape index (κ3) is 4.83. The number of rotatable bonds is 4. The number of nitriles is 1. The molecule has 0 aliphatic heterocycles. The van der Waals surface area contributed by atoms with E-state index < -0.39 is 11.1 Å². The van der Waals surface area contributed by atoms with Gasteiger partial charge in [0.2, 0.25) is 11.8 Å². The molecule has 0 saturated heterocycles. The standard InChI is InChI=1S/C17H7Cl2F3N2O2S/c18-12-2-1-10(5-13(12)19)25-15-3-9(7-23)4-16(24-15)26-11-6-14(27-8-11)17(20,21)22/h1-6,8H. The van der Waals surface area contributed by atoms with Crippen molar-refractivity contribution >= 4 is 34.5 Å². The summed E-state index contributed by atoms with van der Waals surface area (Å²) >= 11 is 12.2. The zero-order chi connectivity index (χ0) is 19.6. The van der Waals surface area contributed by atoms with Gasteiger partial charge < -0.3 is 9.47 Å². The average molecular weight is 431 g/mol. The molecular formula is C17H7Cl2F3N2O2S. The maximum Gasteiger partial charge on any atom is 0.425 e. The number of hydrogen-bond acceptors (Lipinski definition) is 5. The summed E-state index contributed by atoms with van der Waals surface area (Å²) in [6.07, 6.45) is -4.46. The lowest BCUT2D eigenvalue weighted by atomic mass is 10.3. The van der Waals surface area contributed by atoms with Crippen molar-refractivity contribution in [2.45, 2.75) is 6.18 Å². The van der Waals surface area contributed by atoms with Crippen LogP contribution in [0.5, 0.6) is 23.3 Å². The minimum atomic E-state index is -4.46. The fourth-order valence-corrected chi connectivity index (χ4v) is 2.92. The van der Waals surface area contributed by atoms with Crippen LogP contribution in [0.25, 0.3) is 0 Å². The summed E-state index contributed by atoms with van der Waals surface area (Å²) < 4.78 is 48.9. The molecule has 3 rings (SSSR count). The quantitative estimate of drug-likeness (QED) is 0.450. The van der Waals surface area contributed by atoms with E-state index in [1.165, 1.54) is 29.6 Å². The molecule has 0 saturated carbocycles. The molecule has 27 heavy (non-hydrogen) atoms. The second kappa shape index (κ2) is 7.64. The minimum Gasteiger partial charge on any atom is -0.439 e. The SMILES string of the molecule is N#Cc1cc(Oc2csc(C(F)(F)F)c2)nc(Oc2ccc(Cl)c(Cl)c2)c1. The van der Waals surface area contributed by atoms with Gasteiger partial charge in [0.05, 0.1) is 21.7 Å². The highest BCUT2D eigenvalue weighted by molar-refractivity contribution is 7.10. The van der Waals surface area contributed by atoms with Crippen molar-refractivity contribution in [1.82, 2.24) is 4.98 Å². The lowest BCUT2D eigenvalue weighted by Gasteiger charge is -2.09. The Balaban J connectivity index is 1.86. The van der Waals surface area contributed by atoms with E-state index in [0.29, 0.717) is 22.1 Å². The maximum absolute atomic E-state index is 12.7. The Bertz CT molecular complexity index is 1030. The van der Waals surface area contributed by atoms with Crippen molar-refractivity contribution in [1.29, 1.82) is 5.26 Å². The van der Waals surface area contributed by atoms with Crippen LogP contribution in [0, 0.1) is 11.3 Å². The molecule has 1 aromatic carbocycles. The third-order valence-corrected chi connectivity index (χ3v) is 4.79. The monoisotopic (exact) mass is 430 g/mol. The van der Waals surface area contributed by atoms with E-state index in [2.05, 4.69) is 4.98 Å². The molecular weight excluding hydrogens is 424 g/mol. The zero-order valence-electron chi connectivity index (χ0n) is 13.1. The molecule has 0 bridgehead atoms. The van der Waals surface area contributed by atoms with Crippen molar-refractivity contribution in [3.8, 4) is 29.3 Å². The minimum absolute atomic E-state index is 0.00807. The smallest absolute Gasteiger partial charge is 0.425 e. The third-order valence-electron chi connectivity index (χ3n) is 3.10. The Kier molecular flexibility index (Phi) is 5.46. The largest absolute Gasteiger partial charge is 0.439 e. The molecule has 4 nitrogen and oxygen atoms in total. The number of aromatic nitrogens is 1. The molecule has 0 radical (unpaired) electrons. The van der Waals surface area contributed by atoms with Crippen molar-refractivity contribution in [2.24, 2.45) is 0 Å². The fraction of sp³-hybridized carbons (Fsp3) is 0.0588. The van der Waals surface area contributed by atoms with E-state index in [1.807, 2.05) is 6.07 Å². The summed E-state index contributed by atoms with van der Waals surface area (Å²) in [4.78, 5) is 3.24. The Hall–Kier alpha value is -2.47. The summed E-state index contributed by atoms with van der Waals surface area (Å²) in [5.74, 6) is 0.188. The Labute approximate surface area is 165 Å². The number of nitrogens with zero attached hydrogens (tertiary/aromatic N) is 2. The predicted molar refractivity (Wildman–Crippen MR) is 94.9 cm³/mol. The Morgan fingerprint density at radius 1 is 0.963 bits per heavy atom. The Morgan fingerprint density at radius 2 is 1.63 bits per heavy atom. The van der Waals surface area contributed by atoms with Gasteiger partial charge in [-0.1, -0.05) is 23.2 Å². The summed E-state index contributed by atoms with van der Waals surface area (Å²) in [7, 11) is 0. The van der Waals surface area contributed by atoms with Gasteiger partial charge in [-0.25, -0.2) is 0 Å². The van der Waals surface area contributed by atoms with E-state index in [0.717, 1.165) is 6.07 Å². The van der Waals surface area contributed by atoms with E-state index in [1.54, 1.807) is 6.07 Å². The molecule has 0 aliphatic carbocycles. The number of ether oxygens (including phenoxy) is 2. The summed E-state index contributed by atoms with van der Waals surface area (Å²) in [6, 6.07) is 9.92. The molecule has 2 heterocycles. The molecule has 0 unspecified atom stereocenters. The van der Waals surface area contributed by atoms with Crippen LogP contribution in [0.3, 0.4) is 0 Å². The van der Waals surface area contributed by atoms with Crippen molar-refractivity contribution < 1.29 is 22.6 Å². The maximum atomic E-state index is 12.7. The van der Waals surface area contributed by atoms with Crippen molar-refractivity contribution in [3.63, 3.8) is 0 Å². The summed E-state index contributed by atoms with van der Waals surface area (Å²) in [5.41, 5.74) is 0.154. The van der Waals surface area contributed by atoms with Gasteiger partial charge in [0.25, 0.3) is 0 Å². The highest BCUT2D eigenvalue weighted by Crippen LogP contribution is 2.38. The number of halogens is 5. The van der Waals surface area contributed by atoms with E-state index in [-0.39, 0.29) is 28.1 Å².